The number of para-hydroxylation sites is 5. The van der Waals surface area contributed by atoms with Crippen LogP contribution in [0.3, 0.4) is 0 Å². The highest BCUT2D eigenvalue weighted by atomic mass is 15.2. The molecule has 0 saturated carbocycles. The summed E-state index contributed by atoms with van der Waals surface area (Å²) in [5.41, 5.74) is 24.3. The van der Waals surface area contributed by atoms with E-state index in [1.54, 1.807) is 0 Å². The van der Waals surface area contributed by atoms with Gasteiger partial charge < -0.3 is 9.13 Å². The zero-order chi connectivity index (χ0) is 89.2. The van der Waals surface area contributed by atoms with Crippen molar-refractivity contribution in [2.75, 3.05) is 0 Å². The van der Waals surface area contributed by atoms with Crippen molar-refractivity contribution in [3.63, 3.8) is 0 Å². The third-order valence-electron chi connectivity index (χ3n) is 28.0. The molecule has 28 rings (SSSR count). The van der Waals surface area contributed by atoms with Gasteiger partial charge in [0.15, 0.2) is 23.3 Å². The van der Waals surface area contributed by atoms with E-state index in [4.69, 9.17) is 29.9 Å². The Kier molecular flexibility index (Phi) is 17.2. The minimum Gasteiger partial charge on any atom is -0.307 e. The Morgan fingerprint density at radius 3 is 0.897 bits per heavy atom. The first-order valence-electron chi connectivity index (χ1n) is 46.3. The van der Waals surface area contributed by atoms with Gasteiger partial charge in [0.05, 0.1) is 55.5 Å². The second kappa shape index (κ2) is 30.6. The molecule has 0 bridgehead atoms. The lowest BCUT2D eigenvalue weighted by atomic mass is 9.89. The fourth-order valence-corrected chi connectivity index (χ4v) is 22.1. The van der Waals surface area contributed by atoms with Crippen molar-refractivity contribution >= 4 is 152 Å². The molecule has 22 aromatic carbocycles. The Bertz CT molecular complexity index is 9690. The molecule has 0 spiro atoms. The molecule has 10 nitrogen and oxygen atoms in total. The minimum atomic E-state index is 0.500. The van der Waals surface area contributed by atoms with Gasteiger partial charge in [-0.3, -0.25) is 9.13 Å². The molecule has 0 aliphatic rings. The lowest BCUT2D eigenvalue weighted by molar-refractivity contribution is 0.953. The molecule has 0 fully saturated rings. The fraction of sp³-hybridized carbons (Fsp3) is 0. The SMILES string of the molecule is c1ccc(-c2nc(-c3ccccc3)nc(-n3c4ccccc4c4ccc5c6ccccc6n(-c6ccc(-c7cccc(-c8cc9c%10ccccc%10n(-c%10nc(-c%11ccccc%11)nc(-c%11ccccc%11)n%10)c9c9c8c8ccccc8n9-c8ccccc8-c8ccccc8-c8ccc9c%10ccccc%10c%10ccccc%10c9c8)c7)cc6-c6ccc7c8ccccc8c8ccccc8c7c6)c5c43)n2)cc1. The zero-order valence-corrected chi connectivity index (χ0v) is 73.4. The zero-order valence-electron chi connectivity index (χ0n) is 73.4. The highest BCUT2D eigenvalue weighted by Gasteiger charge is 2.31. The van der Waals surface area contributed by atoms with Gasteiger partial charge in [0.1, 0.15) is 0 Å². The summed E-state index contributed by atoms with van der Waals surface area (Å²) in [4.78, 5) is 32.9. The van der Waals surface area contributed by atoms with Crippen LogP contribution >= 0.6 is 0 Å². The van der Waals surface area contributed by atoms with Gasteiger partial charge in [-0.25, -0.2) is 9.97 Å². The highest BCUT2D eigenvalue weighted by molar-refractivity contribution is 6.31. The summed E-state index contributed by atoms with van der Waals surface area (Å²) in [5.74, 6) is 3.32. The first kappa shape index (κ1) is 76.5. The molecule has 6 aromatic heterocycles. The number of nitrogens with zero attached hydrogens (tertiary/aromatic N) is 10. The Hall–Kier alpha value is -18.4. The molecular formula is C126H76N10. The maximum Gasteiger partial charge on any atom is 0.238 e. The summed E-state index contributed by atoms with van der Waals surface area (Å²) >= 11 is 0. The Labute approximate surface area is 780 Å². The molecule has 630 valence electrons. The van der Waals surface area contributed by atoms with Crippen molar-refractivity contribution < 1.29 is 0 Å². The van der Waals surface area contributed by atoms with Gasteiger partial charge in [-0.1, -0.05) is 394 Å². The van der Waals surface area contributed by atoms with Crippen LogP contribution in [0.5, 0.6) is 0 Å². The van der Waals surface area contributed by atoms with Crippen LogP contribution in [-0.4, -0.2) is 48.2 Å². The van der Waals surface area contributed by atoms with Gasteiger partial charge >= 0.3 is 0 Å². The topological polar surface area (TPSA) is 97.1 Å². The van der Waals surface area contributed by atoms with Gasteiger partial charge in [0, 0.05) is 76.5 Å². The summed E-state index contributed by atoms with van der Waals surface area (Å²) in [6.45, 7) is 0. The standard InChI is InChI=1S/C126H76N10/c1-5-34-77(35-6-1)121-127-122(78-36-7-2-8-37-78)130-125(129-121)135-112-61-30-25-56-100(112)103-70-69-102-99-55-24-29-60-111(99)133(117(102)118(103)135)115-71-66-82(73-105(115)85-65-68-97-93-51-18-16-47-89(93)91-49-20-22-53-95(91)108(97)75-85)81-42-33-43-83(72-81)106-76-109-101-57-26-31-62-113(101)136(126-131-123(79-38-9-3-10-39-79)128-124(132-126)80-40-11-4-12-41-80)119(109)120-116(106)104-58-27-32-63-114(104)134(120)110-59-28-23-54-98(110)87-45-14-13-44-86(87)84-64-67-96-92-50-17-15-46-88(92)90-48-19-21-52-94(90)107(96)74-84/h1-76H. The number of hydrogen-bond donors (Lipinski definition) is 0. The maximum atomic E-state index is 5.63. The van der Waals surface area contributed by atoms with Crippen LogP contribution < -0.4 is 0 Å². The number of aromatic nitrogens is 10. The molecule has 0 amide bonds. The number of rotatable bonds is 13. The molecular weight excluding hydrogens is 1650 g/mol. The molecule has 0 saturated heterocycles. The molecule has 6 heterocycles. The number of fused-ring (bicyclic) bond motifs is 26. The van der Waals surface area contributed by atoms with Crippen LogP contribution in [0.4, 0.5) is 0 Å². The summed E-state index contributed by atoms with van der Waals surface area (Å²) in [6, 6.07) is 168. The van der Waals surface area contributed by atoms with Crippen molar-refractivity contribution in [1.29, 1.82) is 0 Å². The van der Waals surface area contributed by atoms with Gasteiger partial charge in [0.2, 0.25) is 11.9 Å². The second-order valence-corrected chi connectivity index (χ2v) is 35.4. The average molecular weight is 1730 g/mol. The van der Waals surface area contributed by atoms with Crippen LogP contribution in [0, 0.1) is 0 Å². The summed E-state index contributed by atoms with van der Waals surface area (Å²) < 4.78 is 9.70. The predicted octanol–water partition coefficient (Wildman–Crippen LogP) is 32.4. The van der Waals surface area contributed by atoms with Crippen molar-refractivity contribution in [2.45, 2.75) is 0 Å². The molecule has 136 heavy (non-hydrogen) atoms. The van der Waals surface area contributed by atoms with Crippen molar-refractivity contribution in [3.8, 4) is 124 Å². The Balaban J connectivity index is 0.705. The van der Waals surface area contributed by atoms with E-state index in [2.05, 4.69) is 407 Å². The lowest BCUT2D eigenvalue weighted by Crippen LogP contribution is -2.07. The first-order chi connectivity index (χ1) is 67.5. The molecule has 28 aromatic rings. The summed E-state index contributed by atoms with van der Waals surface area (Å²) in [5, 5.41) is 23.3. The van der Waals surface area contributed by atoms with E-state index in [1.807, 2.05) is 72.8 Å². The molecule has 0 N–H and O–H groups in total. The molecule has 0 unspecified atom stereocenters. The quantitative estimate of drug-likeness (QED) is 0.107. The second-order valence-electron chi connectivity index (χ2n) is 35.4. The molecule has 0 aliphatic carbocycles. The smallest absolute Gasteiger partial charge is 0.238 e. The summed E-state index contributed by atoms with van der Waals surface area (Å²) in [7, 11) is 0. The van der Waals surface area contributed by atoms with Crippen molar-refractivity contribution in [3.05, 3.63) is 461 Å². The van der Waals surface area contributed by atoms with Crippen LogP contribution in [0.1, 0.15) is 0 Å². The minimum absolute atomic E-state index is 0.500. The predicted molar refractivity (Wildman–Crippen MR) is 565 cm³/mol. The maximum absolute atomic E-state index is 5.63. The van der Waals surface area contributed by atoms with Crippen LogP contribution in [0.25, 0.3) is 276 Å². The van der Waals surface area contributed by atoms with Crippen LogP contribution in [0.2, 0.25) is 0 Å². The average Bonchev–Trinajstić information content (AvgIpc) is 1.53. The van der Waals surface area contributed by atoms with E-state index in [0.29, 0.717) is 35.2 Å². The van der Waals surface area contributed by atoms with E-state index < -0.39 is 0 Å². The first-order valence-corrected chi connectivity index (χ1v) is 46.3. The Morgan fingerprint density at radius 2 is 0.426 bits per heavy atom. The number of hydrogen-bond acceptors (Lipinski definition) is 6. The third kappa shape index (κ3) is 11.9. The van der Waals surface area contributed by atoms with Crippen molar-refractivity contribution in [1.82, 2.24) is 48.2 Å². The van der Waals surface area contributed by atoms with Crippen LogP contribution in [-0.2, 0) is 0 Å². The Morgan fingerprint density at radius 1 is 0.132 bits per heavy atom. The van der Waals surface area contributed by atoms with Crippen molar-refractivity contribution in [2.24, 2.45) is 0 Å². The highest BCUT2D eigenvalue weighted by Crippen LogP contribution is 2.52. The summed E-state index contributed by atoms with van der Waals surface area (Å²) in [6.07, 6.45) is 0. The fourth-order valence-electron chi connectivity index (χ4n) is 22.1. The molecule has 10 heteroatoms. The van der Waals surface area contributed by atoms with E-state index in [0.717, 1.165) is 176 Å². The van der Waals surface area contributed by atoms with Gasteiger partial charge in [0.25, 0.3) is 0 Å². The lowest BCUT2D eigenvalue weighted by Gasteiger charge is -2.19. The van der Waals surface area contributed by atoms with E-state index in [-0.39, 0.29) is 0 Å². The van der Waals surface area contributed by atoms with Crippen LogP contribution in [0.15, 0.2) is 461 Å². The normalized spacial score (nSPS) is 12.0. The van der Waals surface area contributed by atoms with E-state index in [1.165, 1.54) is 64.6 Å². The third-order valence-corrected chi connectivity index (χ3v) is 28.0. The van der Waals surface area contributed by atoms with Gasteiger partial charge in [-0.2, -0.15) is 19.9 Å². The largest absolute Gasteiger partial charge is 0.307 e. The van der Waals surface area contributed by atoms with E-state index in [9.17, 15) is 0 Å². The molecule has 0 radical (unpaired) electrons. The van der Waals surface area contributed by atoms with E-state index >= 15 is 0 Å². The van der Waals surface area contributed by atoms with Gasteiger partial charge in [-0.15, -0.1) is 0 Å². The molecule has 0 atom stereocenters. The molecule has 0 aliphatic heterocycles. The monoisotopic (exact) mass is 1730 g/mol. The number of benzene rings is 22. The van der Waals surface area contributed by atoms with Gasteiger partial charge in [-0.05, 0) is 176 Å².